The van der Waals surface area contributed by atoms with Gasteiger partial charge in [-0.25, -0.2) is 17.2 Å². The van der Waals surface area contributed by atoms with Gasteiger partial charge in [-0.15, -0.1) is 12.4 Å². The van der Waals surface area contributed by atoms with Crippen molar-refractivity contribution in [2.75, 3.05) is 13.1 Å². The van der Waals surface area contributed by atoms with Gasteiger partial charge in [-0.3, -0.25) is 0 Å². The SMILES string of the molecule is CC1(C)CN(S(=O)(=O)c2cc(Br)c(F)cc2F)CCC1N.Cl. The van der Waals surface area contributed by atoms with Gasteiger partial charge in [-0.05, 0) is 33.8 Å². The van der Waals surface area contributed by atoms with Crippen LogP contribution in [0.5, 0.6) is 0 Å². The smallest absolute Gasteiger partial charge is 0.246 e. The first-order valence-electron chi connectivity index (χ1n) is 6.46. The second-order valence-electron chi connectivity index (χ2n) is 5.92. The molecular formula is C13H18BrClF2N2O2S. The molecule has 1 fully saturated rings. The quantitative estimate of drug-likeness (QED) is 0.750. The van der Waals surface area contributed by atoms with E-state index < -0.39 is 32.0 Å². The first-order chi connectivity index (χ1) is 9.55. The summed E-state index contributed by atoms with van der Waals surface area (Å²) in [7, 11) is -4.02. The monoisotopic (exact) mass is 418 g/mol. The zero-order chi connectivity index (χ0) is 16.0. The molecule has 2 N–H and O–H groups in total. The summed E-state index contributed by atoms with van der Waals surface area (Å²) < 4.78 is 53.4. The van der Waals surface area contributed by atoms with Crippen molar-refractivity contribution >= 4 is 38.4 Å². The molecule has 22 heavy (non-hydrogen) atoms. The number of benzene rings is 1. The van der Waals surface area contributed by atoms with Crippen LogP contribution in [0.4, 0.5) is 8.78 Å². The van der Waals surface area contributed by atoms with Crippen LogP contribution < -0.4 is 5.73 Å². The first-order valence-corrected chi connectivity index (χ1v) is 8.69. The third kappa shape index (κ3) is 3.62. The largest absolute Gasteiger partial charge is 0.327 e. The number of hydrogen-bond acceptors (Lipinski definition) is 3. The Bertz CT molecular complexity index is 670. The van der Waals surface area contributed by atoms with E-state index in [0.717, 1.165) is 6.07 Å². The van der Waals surface area contributed by atoms with E-state index >= 15 is 0 Å². The van der Waals surface area contributed by atoms with Gasteiger partial charge < -0.3 is 5.73 Å². The van der Waals surface area contributed by atoms with E-state index in [0.29, 0.717) is 12.5 Å². The molecule has 1 saturated heterocycles. The highest BCUT2D eigenvalue weighted by Crippen LogP contribution is 2.33. The van der Waals surface area contributed by atoms with Gasteiger partial charge in [-0.2, -0.15) is 4.31 Å². The summed E-state index contributed by atoms with van der Waals surface area (Å²) in [5.41, 5.74) is 5.57. The van der Waals surface area contributed by atoms with Crippen LogP contribution in [0.25, 0.3) is 0 Å². The van der Waals surface area contributed by atoms with E-state index in [2.05, 4.69) is 15.9 Å². The first kappa shape index (κ1) is 19.8. The van der Waals surface area contributed by atoms with E-state index in [1.54, 1.807) is 0 Å². The van der Waals surface area contributed by atoms with Crippen molar-refractivity contribution in [3.8, 4) is 0 Å². The van der Waals surface area contributed by atoms with Gasteiger partial charge in [0.1, 0.15) is 16.5 Å². The molecule has 0 aromatic heterocycles. The molecule has 1 aliphatic rings. The van der Waals surface area contributed by atoms with Crippen LogP contribution >= 0.6 is 28.3 Å². The van der Waals surface area contributed by atoms with Gasteiger partial charge in [0.15, 0.2) is 0 Å². The molecule has 0 saturated carbocycles. The molecule has 0 bridgehead atoms. The molecule has 1 aromatic carbocycles. The third-order valence-electron chi connectivity index (χ3n) is 3.87. The minimum absolute atomic E-state index is 0. The minimum atomic E-state index is -4.02. The summed E-state index contributed by atoms with van der Waals surface area (Å²) >= 11 is 2.88. The lowest BCUT2D eigenvalue weighted by atomic mass is 9.81. The zero-order valence-electron chi connectivity index (χ0n) is 12.1. The highest BCUT2D eigenvalue weighted by Gasteiger charge is 2.39. The lowest BCUT2D eigenvalue weighted by molar-refractivity contribution is 0.155. The lowest BCUT2D eigenvalue weighted by Gasteiger charge is -2.41. The van der Waals surface area contributed by atoms with Gasteiger partial charge in [-0.1, -0.05) is 13.8 Å². The van der Waals surface area contributed by atoms with Crippen LogP contribution in [0.1, 0.15) is 20.3 Å². The van der Waals surface area contributed by atoms with E-state index in [4.69, 9.17) is 5.73 Å². The number of nitrogens with zero attached hydrogens (tertiary/aromatic N) is 1. The highest BCUT2D eigenvalue weighted by molar-refractivity contribution is 9.10. The van der Waals surface area contributed by atoms with Crippen LogP contribution in [0.2, 0.25) is 0 Å². The average molecular weight is 420 g/mol. The Kier molecular flexibility index (Phi) is 6.01. The van der Waals surface area contributed by atoms with Crippen LogP contribution in [-0.4, -0.2) is 31.9 Å². The Morgan fingerprint density at radius 3 is 2.45 bits per heavy atom. The minimum Gasteiger partial charge on any atom is -0.327 e. The fourth-order valence-corrected chi connectivity index (χ4v) is 4.56. The van der Waals surface area contributed by atoms with E-state index in [9.17, 15) is 17.2 Å². The number of piperidine rings is 1. The molecule has 0 amide bonds. The molecule has 1 aliphatic heterocycles. The maximum atomic E-state index is 13.9. The molecule has 1 atom stereocenters. The van der Waals surface area contributed by atoms with Crippen molar-refractivity contribution in [1.82, 2.24) is 4.31 Å². The van der Waals surface area contributed by atoms with Crippen molar-refractivity contribution in [3.05, 3.63) is 28.2 Å². The molecule has 2 rings (SSSR count). The number of halogens is 4. The van der Waals surface area contributed by atoms with Crippen molar-refractivity contribution < 1.29 is 17.2 Å². The molecule has 126 valence electrons. The molecule has 0 aliphatic carbocycles. The topological polar surface area (TPSA) is 63.4 Å². The van der Waals surface area contributed by atoms with Crippen molar-refractivity contribution in [2.24, 2.45) is 11.1 Å². The fraction of sp³-hybridized carbons (Fsp3) is 0.538. The van der Waals surface area contributed by atoms with Crippen LogP contribution in [-0.2, 0) is 10.0 Å². The summed E-state index contributed by atoms with van der Waals surface area (Å²) in [6.07, 6.45) is 0.496. The number of hydrogen-bond donors (Lipinski definition) is 1. The maximum Gasteiger partial charge on any atom is 0.246 e. The molecular weight excluding hydrogens is 402 g/mol. The Morgan fingerprint density at radius 1 is 1.32 bits per heavy atom. The number of sulfonamides is 1. The zero-order valence-corrected chi connectivity index (χ0v) is 15.4. The molecule has 1 heterocycles. The van der Waals surface area contributed by atoms with Gasteiger partial charge in [0.2, 0.25) is 10.0 Å². The van der Waals surface area contributed by atoms with Crippen molar-refractivity contribution in [2.45, 2.75) is 31.2 Å². The van der Waals surface area contributed by atoms with Crippen LogP contribution in [0, 0.1) is 17.0 Å². The maximum absolute atomic E-state index is 13.9. The molecule has 0 spiro atoms. The Hall–Kier alpha value is -0.280. The second-order valence-corrected chi connectivity index (χ2v) is 8.68. The van der Waals surface area contributed by atoms with Crippen molar-refractivity contribution in [1.29, 1.82) is 0 Å². The summed E-state index contributed by atoms with van der Waals surface area (Å²) in [5, 5.41) is 0. The average Bonchev–Trinajstić information content (AvgIpc) is 2.36. The van der Waals surface area contributed by atoms with Crippen molar-refractivity contribution in [3.63, 3.8) is 0 Å². The van der Waals surface area contributed by atoms with Gasteiger partial charge in [0.05, 0.1) is 4.47 Å². The third-order valence-corrected chi connectivity index (χ3v) is 6.34. The molecule has 1 unspecified atom stereocenters. The summed E-state index contributed by atoms with van der Waals surface area (Å²) in [5.74, 6) is -1.93. The summed E-state index contributed by atoms with van der Waals surface area (Å²) in [6, 6.07) is 1.41. The van der Waals surface area contributed by atoms with Gasteiger partial charge in [0.25, 0.3) is 0 Å². The van der Waals surface area contributed by atoms with Crippen LogP contribution in [0.15, 0.2) is 21.5 Å². The lowest BCUT2D eigenvalue weighted by Crippen LogP contribution is -2.53. The van der Waals surface area contributed by atoms with Gasteiger partial charge in [0, 0.05) is 25.2 Å². The molecule has 4 nitrogen and oxygen atoms in total. The normalized spacial score (nSPS) is 22.2. The van der Waals surface area contributed by atoms with E-state index in [1.165, 1.54) is 4.31 Å². The van der Waals surface area contributed by atoms with E-state index in [-0.39, 0.29) is 36.0 Å². The second kappa shape index (κ2) is 6.68. The number of rotatable bonds is 2. The predicted molar refractivity (Wildman–Crippen MR) is 86.4 cm³/mol. The summed E-state index contributed by atoms with van der Waals surface area (Å²) in [4.78, 5) is -0.526. The highest BCUT2D eigenvalue weighted by atomic mass is 79.9. The molecule has 1 aromatic rings. The van der Waals surface area contributed by atoms with E-state index in [1.807, 2.05) is 13.8 Å². The van der Waals surface area contributed by atoms with Gasteiger partial charge >= 0.3 is 0 Å². The molecule has 0 radical (unpaired) electrons. The standard InChI is InChI=1S/C13H17BrF2N2O2S.ClH/c1-13(2)7-18(4-3-12(13)17)21(19,20)11-5-8(14)9(15)6-10(11)16;/h5-6,12H,3-4,7,17H2,1-2H3;1H. The Balaban J connectivity index is 0.00000242. The Labute approximate surface area is 143 Å². The number of nitrogens with two attached hydrogens (primary N) is 1. The predicted octanol–water partition coefficient (Wildman–Crippen LogP) is 2.90. The molecule has 9 heteroatoms. The van der Waals surface area contributed by atoms with Crippen LogP contribution in [0.3, 0.4) is 0 Å². The fourth-order valence-electron chi connectivity index (χ4n) is 2.37. The Morgan fingerprint density at radius 2 is 1.91 bits per heavy atom. The summed E-state index contributed by atoms with van der Waals surface area (Å²) in [6.45, 7) is 4.17.